The van der Waals surface area contributed by atoms with Crippen molar-refractivity contribution < 1.29 is 32.8 Å². The van der Waals surface area contributed by atoms with Gasteiger partial charge in [-0.2, -0.15) is 0 Å². The van der Waals surface area contributed by atoms with Crippen molar-refractivity contribution in [2.45, 2.75) is 44.7 Å². The van der Waals surface area contributed by atoms with Crippen LogP contribution in [0.5, 0.6) is 0 Å². The predicted molar refractivity (Wildman–Crippen MR) is 173 cm³/mol. The molecule has 47 heavy (non-hydrogen) atoms. The number of nitrogens with zero attached hydrogens (tertiary/aromatic N) is 2. The smallest absolute Gasteiger partial charge is 0.252 e. The molecule has 4 rings (SSSR count). The zero-order valence-corrected chi connectivity index (χ0v) is 26.3. The largest absolute Gasteiger partial charge is 0.353 e. The topological polar surface area (TPSA) is 128 Å². The third-order valence-electron chi connectivity index (χ3n) is 8.06. The standard InChI is InChI=1S/C35H39F2N5O5/c1-3-31(43)38-16-7-6-13-30(40-32(44)21-25-14-15-26(36)22-29(25)37)35(47)42-19-17-41(18-20-42)34(46)23(2)39-33(45)28-12-8-10-24-9-4-5-11-27(24)28/h3-5,8-12,14-15,22-23,30H,1,6-7,13,16-21H2,2H3,(H,38,43)(H,39,45)(H,40,44)/t23-,30-/m0/s1. The van der Waals surface area contributed by atoms with Crippen molar-refractivity contribution in [3.8, 4) is 0 Å². The molecule has 0 bridgehead atoms. The average molecular weight is 648 g/mol. The number of hydrogen-bond acceptors (Lipinski definition) is 5. The van der Waals surface area contributed by atoms with Crippen LogP contribution in [0.25, 0.3) is 10.8 Å². The average Bonchev–Trinajstić information content (AvgIpc) is 3.07. The predicted octanol–water partition coefficient (Wildman–Crippen LogP) is 3.11. The van der Waals surface area contributed by atoms with E-state index in [0.29, 0.717) is 31.0 Å². The van der Waals surface area contributed by atoms with Gasteiger partial charge in [0, 0.05) is 44.4 Å². The molecule has 1 fully saturated rings. The van der Waals surface area contributed by atoms with Gasteiger partial charge in [-0.15, -0.1) is 0 Å². The monoisotopic (exact) mass is 647 g/mol. The van der Waals surface area contributed by atoms with Gasteiger partial charge in [-0.1, -0.05) is 49.0 Å². The van der Waals surface area contributed by atoms with E-state index in [1.807, 2.05) is 30.3 Å². The van der Waals surface area contributed by atoms with Crippen molar-refractivity contribution in [1.82, 2.24) is 25.8 Å². The summed E-state index contributed by atoms with van der Waals surface area (Å²) in [5.41, 5.74) is 0.465. The normalized spacial score (nSPS) is 14.2. The number of benzene rings is 3. The van der Waals surface area contributed by atoms with Crippen LogP contribution in [-0.2, 0) is 25.6 Å². The first-order valence-corrected chi connectivity index (χ1v) is 15.6. The Labute approximate surface area is 272 Å². The molecule has 0 spiro atoms. The zero-order valence-electron chi connectivity index (χ0n) is 26.3. The second-order valence-corrected chi connectivity index (χ2v) is 11.4. The lowest BCUT2D eigenvalue weighted by Crippen LogP contribution is -2.58. The molecule has 1 heterocycles. The van der Waals surface area contributed by atoms with Gasteiger partial charge < -0.3 is 25.8 Å². The Morgan fingerprint density at radius 2 is 1.55 bits per heavy atom. The number of fused-ring (bicyclic) bond motifs is 1. The second kappa shape index (κ2) is 16.4. The van der Waals surface area contributed by atoms with Gasteiger partial charge in [0.1, 0.15) is 23.7 Å². The summed E-state index contributed by atoms with van der Waals surface area (Å²) >= 11 is 0. The molecule has 1 saturated heterocycles. The molecule has 0 aromatic heterocycles. The van der Waals surface area contributed by atoms with Gasteiger partial charge in [0.15, 0.2) is 0 Å². The van der Waals surface area contributed by atoms with Gasteiger partial charge in [0.25, 0.3) is 5.91 Å². The second-order valence-electron chi connectivity index (χ2n) is 11.4. The first kappa shape index (κ1) is 34.7. The molecule has 0 aliphatic carbocycles. The molecular formula is C35H39F2N5O5. The van der Waals surface area contributed by atoms with E-state index in [9.17, 15) is 32.8 Å². The summed E-state index contributed by atoms with van der Waals surface area (Å²) in [4.78, 5) is 67.3. The number of nitrogens with one attached hydrogen (secondary N) is 3. The molecule has 1 aliphatic heterocycles. The number of amides is 5. The Kier molecular flexibility index (Phi) is 12.1. The zero-order chi connectivity index (χ0) is 33.9. The summed E-state index contributed by atoms with van der Waals surface area (Å²) in [5, 5.41) is 9.84. The molecule has 3 aromatic carbocycles. The minimum absolute atomic E-state index is 0.00368. The van der Waals surface area contributed by atoms with E-state index in [4.69, 9.17) is 0 Å². The van der Waals surface area contributed by atoms with Crippen LogP contribution in [0.3, 0.4) is 0 Å². The lowest BCUT2D eigenvalue weighted by molar-refractivity contribution is -0.142. The van der Waals surface area contributed by atoms with E-state index in [2.05, 4.69) is 22.5 Å². The molecular weight excluding hydrogens is 608 g/mol. The number of carbonyl (C=O) groups is 5. The third-order valence-corrected chi connectivity index (χ3v) is 8.06. The SMILES string of the molecule is C=CC(=O)NCCCC[C@H](NC(=O)Cc1ccc(F)cc1F)C(=O)N1CCN(C(=O)[C@H](C)NC(=O)c2cccc3ccccc23)CC1. The highest BCUT2D eigenvalue weighted by molar-refractivity contribution is 6.08. The molecule has 1 aliphatic rings. The van der Waals surface area contributed by atoms with Gasteiger partial charge in [-0.3, -0.25) is 24.0 Å². The highest BCUT2D eigenvalue weighted by Crippen LogP contribution is 2.19. The lowest BCUT2D eigenvalue weighted by atomic mass is 10.0. The number of hydrogen-bond donors (Lipinski definition) is 3. The fourth-order valence-corrected chi connectivity index (χ4v) is 5.50. The van der Waals surface area contributed by atoms with Crippen molar-refractivity contribution in [3.05, 3.63) is 96.1 Å². The Bertz CT molecular complexity index is 1630. The maximum Gasteiger partial charge on any atom is 0.252 e. The Morgan fingerprint density at radius 1 is 0.872 bits per heavy atom. The number of piperazine rings is 1. The molecule has 5 amide bonds. The van der Waals surface area contributed by atoms with E-state index < -0.39 is 29.6 Å². The van der Waals surface area contributed by atoms with E-state index in [1.165, 1.54) is 6.07 Å². The van der Waals surface area contributed by atoms with E-state index >= 15 is 0 Å². The van der Waals surface area contributed by atoms with Crippen molar-refractivity contribution >= 4 is 40.3 Å². The Hall–Kier alpha value is -5.13. The van der Waals surface area contributed by atoms with Crippen LogP contribution in [0.4, 0.5) is 8.78 Å². The summed E-state index contributed by atoms with van der Waals surface area (Å²) < 4.78 is 27.5. The van der Waals surface area contributed by atoms with Crippen molar-refractivity contribution in [2.24, 2.45) is 0 Å². The summed E-state index contributed by atoms with van der Waals surface area (Å²) in [7, 11) is 0. The maximum atomic E-state index is 14.2. The fourth-order valence-electron chi connectivity index (χ4n) is 5.50. The van der Waals surface area contributed by atoms with Gasteiger partial charge in [0.2, 0.25) is 23.6 Å². The molecule has 0 radical (unpaired) electrons. The van der Waals surface area contributed by atoms with Crippen molar-refractivity contribution in [3.63, 3.8) is 0 Å². The summed E-state index contributed by atoms with van der Waals surface area (Å²) in [6, 6.07) is 14.1. The number of unbranched alkanes of at least 4 members (excludes halogenated alkanes) is 1. The summed E-state index contributed by atoms with van der Waals surface area (Å²) in [5.74, 6) is -3.53. The number of rotatable bonds is 13. The van der Waals surface area contributed by atoms with E-state index in [-0.39, 0.29) is 68.2 Å². The molecule has 3 aromatic rings. The summed E-state index contributed by atoms with van der Waals surface area (Å²) in [6.45, 7) is 6.26. The van der Waals surface area contributed by atoms with E-state index in [1.54, 1.807) is 28.9 Å². The molecule has 12 heteroatoms. The lowest BCUT2D eigenvalue weighted by Gasteiger charge is -2.37. The van der Waals surface area contributed by atoms with Crippen LogP contribution < -0.4 is 16.0 Å². The third kappa shape index (κ3) is 9.44. The van der Waals surface area contributed by atoms with Crippen LogP contribution in [0, 0.1) is 11.6 Å². The molecule has 248 valence electrons. The molecule has 0 saturated carbocycles. The minimum atomic E-state index is -0.928. The number of carbonyl (C=O) groups excluding carboxylic acids is 5. The summed E-state index contributed by atoms with van der Waals surface area (Å²) in [6.07, 6.45) is 2.07. The van der Waals surface area contributed by atoms with Crippen molar-refractivity contribution in [2.75, 3.05) is 32.7 Å². The van der Waals surface area contributed by atoms with Gasteiger partial charge in [-0.05, 0) is 60.7 Å². The highest BCUT2D eigenvalue weighted by Gasteiger charge is 2.31. The Morgan fingerprint density at radius 3 is 2.26 bits per heavy atom. The van der Waals surface area contributed by atoms with Crippen LogP contribution >= 0.6 is 0 Å². The number of halogens is 2. The molecule has 2 atom stereocenters. The van der Waals surface area contributed by atoms with Gasteiger partial charge in [0.05, 0.1) is 6.42 Å². The van der Waals surface area contributed by atoms with Gasteiger partial charge >= 0.3 is 0 Å². The van der Waals surface area contributed by atoms with Crippen LogP contribution in [0.15, 0.2) is 73.3 Å². The van der Waals surface area contributed by atoms with Crippen LogP contribution in [-0.4, -0.2) is 84.1 Å². The Balaban J connectivity index is 1.33. The van der Waals surface area contributed by atoms with Crippen LogP contribution in [0.2, 0.25) is 0 Å². The van der Waals surface area contributed by atoms with E-state index in [0.717, 1.165) is 22.9 Å². The minimum Gasteiger partial charge on any atom is -0.353 e. The van der Waals surface area contributed by atoms with Crippen molar-refractivity contribution in [1.29, 1.82) is 0 Å². The maximum absolute atomic E-state index is 14.2. The van der Waals surface area contributed by atoms with Crippen LogP contribution in [0.1, 0.15) is 42.1 Å². The fraction of sp³-hybridized carbons (Fsp3) is 0.343. The van der Waals surface area contributed by atoms with Gasteiger partial charge in [-0.25, -0.2) is 8.78 Å². The molecule has 10 nitrogen and oxygen atoms in total. The molecule has 0 unspecified atom stereocenters. The first-order chi connectivity index (χ1) is 22.6. The first-order valence-electron chi connectivity index (χ1n) is 15.6. The highest BCUT2D eigenvalue weighted by atomic mass is 19.1. The quantitative estimate of drug-likeness (QED) is 0.194. The molecule has 3 N–H and O–H groups in total.